The Hall–Kier alpha value is -0.570. The number of nitrogens with one attached hydrogen (secondary N) is 1. The highest BCUT2D eigenvalue weighted by Gasteiger charge is 2.15. The molecule has 0 bridgehead atoms. The molecule has 2 atom stereocenters. The standard InChI is InChI=1S/C10H23N3/c1-5-8(3)7-13(6-2)9(4)10(11)12/h8-9H,5-7H2,1-4H3,(H3,11,12). The van der Waals surface area contributed by atoms with Crippen molar-refractivity contribution < 1.29 is 0 Å². The Bertz CT molecular complexity index is 156. The van der Waals surface area contributed by atoms with Gasteiger partial charge in [-0.2, -0.15) is 0 Å². The zero-order valence-electron chi connectivity index (χ0n) is 9.30. The van der Waals surface area contributed by atoms with E-state index in [0.717, 1.165) is 13.1 Å². The molecule has 78 valence electrons. The molecule has 13 heavy (non-hydrogen) atoms. The maximum absolute atomic E-state index is 7.37. The number of nitrogens with zero attached hydrogens (tertiary/aromatic N) is 1. The van der Waals surface area contributed by atoms with Crippen molar-refractivity contribution in [1.29, 1.82) is 5.41 Å². The lowest BCUT2D eigenvalue weighted by Gasteiger charge is -2.29. The molecule has 0 aliphatic heterocycles. The molecule has 0 saturated heterocycles. The van der Waals surface area contributed by atoms with Gasteiger partial charge in [0.25, 0.3) is 0 Å². The fourth-order valence-corrected chi connectivity index (χ4v) is 1.29. The predicted octanol–water partition coefficient (Wildman–Crippen LogP) is 1.68. The van der Waals surface area contributed by atoms with Gasteiger partial charge in [0.05, 0.1) is 6.04 Å². The third-order valence-corrected chi connectivity index (χ3v) is 2.65. The lowest BCUT2D eigenvalue weighted by molar-refractivity contribution is 0.226. The van der Waals surface area contributed by atoms with Crippen LogP contribution in [0.2, 0.25) is 0 Å². The van der Waals surface area contributed by atoms with Crippen LogP contribution in [0.4, 0.5) is 0 Å². The molecule has 0 rings (SSSR count). The summed E-state index contributed by atoms with van der Waals surface area (Å²) in [5.41, 5.74) is 5.47. The topological polar surface area (TPSA) is 53.1 Å². The van der Waals surface area contributed by atoms with E-state index in [1.807, 2.05) is 6.92 Å². The van der Waals surface area contributed by atoms with Gasteiger partial charge < -0.3 is 5.73 Å². The van der Waals surface area contributed by atoms with E-state index >= 15 is 0 Å². The summed E-state index contributed by atoms with van der Waals surface area (Å²) >= 11 is 0. The van der Waals surface area contributed by atoms with Gasteiger partial charge in [-0.1, -0.05) is 27.2 Å². The average Bonchev–Trinajstić information content (AvgIpc) is 2.12. The fourth-order valence-electron chi connectivity index (χ4n) is 1.29. The van der Waals surface area contributed by atoms with Crippen LogP contribution in [-0.2, 0) is 0 Å². The van der Waals surface area contributed by atoms with Crippen LogP contribution in [0.5, 0.6) is 0 Å². The molecular weight excluding hydrogens is 162 g/mol. The first-order valence-electron chi connectivity index (χ1n) is 5.10. The molecule has 3 heteroatoms. The number of rotatable bonds is 6. The lowest BCUT2D eigenvalue weighted by Crippen LogP contribution is -2.44. The van der Waals surface area contributed by atoms with Crippen molar-refractivity contribution in [1.82, 2.24) is 4.90 Å². The van der Waals surface area contributed by atoms with Crippen LogP contribution in [0.1, 0.15) is 34.1 Å². The highest BCUT2D eigenvalue weighted by Crippen LogP contribution is 2.07. The van der Waals surface area contributed by atoms with Crippen molar-refractivity contribution in [3.63, 3.8) is 0 Å². The Labute approximate surface area is 81.8 Å². The molecule has 0 aromatic heterocycles. The minimum absolute atomic E-state index is 0.0824. The largest absolute Gasteiger partial charge is 0.386 e. The second kappa shape index (κ2) is 5.97. The molecule has 0 heterocycles. The van der Waals surface area contributed by atoms with Crippen molar-refractivity contribution in [2.75, 3.05) is 13.1 Å². The SMILES string of the molecule is CCC(C)CN(CC)C(C)C(=N)N. The highest BCUT2D eigenvalue weighted by molar-refractivity contribution is 5.82. The summed E-state index contributed by atoms with van der Waals surface area (Å²) in [6.45, 7) is 10.5. The summed E-state index contributed by atoms with van der Waals surface area (Å²) < 4.78 is 0. The molecule has 3 N–H and O–H groups in total. The van der Waals surface area contributed by atoms with Crippen molar-refractivity contribution in [3.8, 4) is 0 Å². The molecule has 0 amide bonds. The molecule has 0 fully saturated rings. The Morgan fingerprint density at radius 1 is 1.38 bits per heavy atom. The maximum atomic E-state index is 7.37. The summed E-state index contributed by atoms with van der Waals surface area (Å²) in [5, 5.41) is 7.37. The highest BCUT2D eigenvalue weighted by atomic mass is 15.2. The summed E-state index contributed by atoms with van der Waals surface area (Å²) in [6.07, 6.45) is 1.18. The van der Waals surface area contributed by atoms with Crippen LogP contribution >= 0.6 is 0 Å². The van der Waals surface area contributed by atoms with E-state index in [-0.39, 0.29) is 11.9 Å². The van der Waals surface area contributed by atoms with Crippen LogP contribution in [0, 0.1) is 11.3 Å². The Morgan fingerprint density at radius 2 is 1.92 bits per heavy atom. The van der Waals surface area contributed by atoms with Crippen LogP contribution in [0.25, 0.3) is 0 Å². The first-order valence-corrected chi connectivity index (χ1v) is 5.10. The Morgan fingerprint density at radius 3 is 2.23 bits per heavy atom. The van der Waals surface area contributed by atoms with E-state index in [4.69, 9.17) is 11.1 Å². The molecule has 0 aliphatic carbocycles. The van der Waals surface area contributed by atoms with Crippen molar-refractivity contribution in [2.45, 2.75) is 40.2 Å². The Kier molecular flexibility index (Phi) is 5.71. The van der Waals surface area contributed by atoms with E-state index < -0.39 is 0 Å². The molecular formula is C10H23N3. The second-order valence-corrected chi connectivity index (χ2v) is 3.73. The summed E-state index contributed by atoms with van der Waals surface area (Å²) in [7, 11) is 0. The zero-order chi connectivity index (χ0) is 10.4. The van der Waals surface area contributed by atoms with Crippen molar-refractivity contribution in [2.24, 2.45) is 11.7 Å². The summed E-state index contributed by atoms with van der Waals surface area (Å²) in [6, 6.07) is 0.0824. The lowest BCUT2D eigenvalue weighted by atomic mass is 10.1. The summed E-state index contributed by atoms with van der Waals surface area (Å²) in [4.78, 5) is 2.25. The maximum Gasteiger partial charge on any atom is 0.108 e. The minimum atomic E-state index is 0.0824. The number of hydrogen-bond donors (Lipinski definition) is 2. The first-order chi connectivity index (χ1) is 6.02. The number of likely N-dealkylation sites (N-methyl/N-ethyl adjacent to an activating group) is 1. The number of amidine groups is 1. The van der Waals surface area contributed by atoms with Gasteiger partial charge in [-0.25, -0.2) is 0 Å². The smallest absolute Gasteiger partial charge is 0.108 e. The van der Waals surface area contributed by atoms with E-state index in [1.54, 1.807) is 0 Å². The van der Waals surface area contributed by atoms with E-state index in [2.05, 4.69) is 25.7 Å². The molecule has 2 unspecified atom stereocenters. The fraction of sp³-hybridized carbons (Fsp3) is 0.900. The van der Waals surface area contributed by atoms with Gasteiger partial charge in [0.2, 0.25) is 0 Å². The minimum Gasteiger partial charge on any atom is -0.386 e. The molecule has 3 nitrogen and oxygen atoms in total. The zero-order valence-corrected chi connectivity index (χ0v) is 9.30. The first kappa shape index (κ1) is 12.4. The third kappa shape index (κ3) is 4.27. The van der Waals surface area contributed by atoms with Gasteiger partial charge in [0, 0.05) is 6.54 Å². The van der Waals surface area contributed by atoms with E-state index in [1.165, 1.54) is 6.42 Å². The van der Waals surface area contributed by atoms with Gasteiger partial charge in [0.15, 0.2) is 0 Å². The quantitative estimate of drug-likeness (QED) is 0.488. The van der Waals surface area contributed by atoms with E-state index in [0.29, 0.717) is 5.92 Å². The van der Waals surface area contributed by atoms with Gasteiger partial charge in [0.1, 0.15) is 5.84 Å². The molecule has 0 aromatic carbocycles. The van der Waals surface area contributed by atoms with Gasteiger partial charge in [-0.05, 0) is 19.4 Å². The molecule has 0 radical (unpaired) electrons. The molecule has 0 spiro atoms. The summed E-state index contributed by atoms with van der Waals surface area (Å²) in [5.74, 6) is 0.951. The predicted molar refractivity (Wildman–Crippen MR) is 58.1 cm³/mol. The monoisotopic (exact) mass is 185 g/mol. The molecule has 0 aromatic rings. The average molecular weight is 185 g/mol. The van der Waals surface area contributed by atoms with Crippen molar-refractivity contribution >= 4 is 5.84 Å². The van der Waals surface area contributed by atoms with Crippen LogP contribution in [-0.4, -0.2) is 29.9 Å². The van der Waals surface area contributed by atoms with Crippen LogP contribution in [0.3, 0.4) is 0 Å². The van der Waals surface area contributed by atoms with Crippen molar-refractivity contribution in [3.05, 3.63) is 0 Å². The number of hydrogen-bond acceptors (Lipinski definition) is 2. The number of nitrogens with two attached hydrogens (primary N) is 1. The normalized spacial score (nSPS) is 15.8. The van der Waals surface area contributed by atoms with Crippen LogP contribution < -0.4 is 5.73 Å². The molecule has 0 saturated carbocycles. The van der Waals surface area contributed by atoms with Gasteiger partial charge in [-0.15, -0.1) is 0 Å². The second-order valence-electron chi connectivity index (χ2n) is 3.73. The third-order valence-electron chi connectivity index (χ3n) is 2.65. The Balaban J connectivity index is 4.09. The van der Waals surface area contributed by atoms with Gasteiger partial charge in [-0.3, -0.25) is 10.3 Å². The van der Waals surface area contributed by atoms with E-state index in [9.17, 15) is 0 Å². The molecule has 0 aliphatic rings. The van der Waals surface area contributed by atoms with Crippen LogP contribution in [0.15, 0.2) is 0 Å². The van der Waals surface area contributed by atoms with Gasteiger partial charge >= 0.3 is 0 Å².